The quantitative estimate of drug-likeness (QED) is 0.809. The summed E-state index contributed by atoms with van der Waals surface area (Å²) in [6, 6.07) is 7.28. The summed E-state index contributed by atoms with van der Waals surface area (Å²) in [6.45, 7) is 6.77. The van der Waals surface area contributed by atoms with E-state index in [1.54, 1.807) is 12.1 Å². The Bertz CT molecular complexity index is 496. The smallest absolute Gasteiger partial charge is 0.101 e. The van der Waals surface area contributed by atoms with Gasteiger partial charge in [0.15, 0.2) is 0 Å². The summed E-state index contributed by atoms with van der Waals surface area (Å²) >= 11 is 5.92. The van der Waals surface area contributed by atoms with E-state index in [2.05, 4.69) is 37.9 Å². The number of benzene rings is 1. The van der Waals surface area contributed by atoms with Crippen LogP contribution in [0.5, 0.6) is 0 Å². The number of nitrogens with one attached hydrogen (secondary N) is 1. The molecule has 0 aliphatic heterocycles. The molecule has 1 aromatic carbocycles. The molecule has 0 unspecified atom stereocenters. The molecule has 17 heavy (non-hydrogen) atoms. The second-order valence-corrected chi connectivity index (χ2v) is 5.12. The van der Waals surface area contributed by atoms with E-state index in [0.29, 0.717) is 17.1 Å². The first-order valence-electron chi connectivity index (χ1n) is 5.36. The highest BCUT2D eigenvalue weighted by Gasteiger charge is 2.03. The molecule has 88 valence electrons. The summed E-state index contributed by atoms with van der Waals surface area (Å²) in [4.78, 5) is 0. The molecular weight excluding hydrogens is 232 g/mol. The molecule has 0 amide bonds. The van der Waals surface area contributed by atoms with Gasteiger partial charge in [0.1, 0.15) is 6.07 Å². The Morgan fingerprint density at radius 1 is 1.35 bits per heavy atom. The highest BCUT2D eigenvalue weighted by Crippen LogP contribution is 2.19. The van der Waals surface area contributed by atoms with Gasteiger partial charge in [-0.3, -0.25) is 0 Å². The van der Waals surface area contributed by atoms with E-state index < -0.39 is 0 Å². The van der Waals surface area contributed by atoms with Gasteiger partial charge in [0.25, 0.3) is 0 Å². The van der Waals surface area contributed by atoms with Crippen LogP contribution in [0.3, 0.4) is 0 Å². The molecule has 0 aromatic heterocycles. The molecule has 0 spiro atoms. The van der Waals surface area contributed by atoms with Crippen molar-refractivity contribution in [3.05, 3.63) is 28.8 Å². The molecule has 0 radical (unpaired) electrons. The number of hydrogen-bond acceptors (Lipinski definition) is 2. The molecule has 0 bridgehead atoms. The standard InChI is InChI=1S/C14H15ClN2/c1-14(2,3)7-4-8-17-12-6-5-11(10-16)13(15)9-12/h5-6,9,17H,8H2,1-3H3. The van der Waals surface area contributed by atoms with E-state index in [0.717, 1.165) is 5.69 Å². The lowest BCUT2D eigenvalue weighted by molar-refractivity contribution is 0.570. The van der Waals surface area contributed by atoms with Crippen LogP contribution in [0.15, 0.2) is 18.2 Å². The Balaban J connectivity index is 2.62. The second kappa shape index (κ2) is 5.62. The van der Waals surface area contributed by atoms with Gasteiger partial charge >= 0.3 is 0 Å². The molecule has 0 heterocycles. The van der Waals surface area contributed by atoms with Gasteiger partial charge in [-0.25, -0.2) is 0 Å². The molecule has 0 aliphatic rings. The molecule has 0 saturated carbocycles. The average Bonchev–Trinajstić information content (AvgIpc) is 2.23. The Morgan fingerprint density at radius 2 is 2.06 bits per heavy atom. The number of hydrogen-bond donors (Lipinski definition) is 1. The van der Waals surface area contributed by atoms with Crippen molar-refractivity contribution in [2.75, 3.05) is 11.9 Å². The maximum Gasteiger partial charge on any atom is 0.101 e. The second-order valence-electron chi connectivity index (χ2n) is 4.71. The molecule has 0 fully saturated rings. The lowest BCUT2D eigenvalue weighted by atomic mass is 9.98. The molecular formula is C14H15ClN2. The van der Waals surface area contributed by atoms with Crippen molar-refractivity contribution in [1.82, 2.24) is 0 Å². The first kappa shape index (κ1) is 13.4. The van der Waals surface area contributed by atoms with Gasteiger partial charge in [0.2, 0.25) is 0 Å². The average molecular weight is 247 g/mol. The van der Waals surface area contributed by atoms with E-state index in [1.807, 2.05) is 12.1 Å². The maximum absolute atomic E-state index is 8.74. The van der Waals surface area contributed by atoms with Gasteiger partial charge in [-0.2, -0.15) is 5.26 Å². The summed E-state index contributed by atoms with van der Waals surface area (Å²) in [7, 11) is 0. The van der Waals surface area contributed by atoms with Crippen molar-refractivity contribution in [2.24, 2.45) is 5.41 Å². The third-order valence-electron chi connectivity index (χ3n) is 1.93. The van der Waals surface area contributed by atoms with Crippen LogP contribution < -0.4 is 5.32 Å². The van der Waals surface area contributed by atoms with Crippen molar-refractivity contribution in [1.29, 1.82) is 5.26 Å². The third-order valence-corrected chi connectivity index (χ3v) is 2.25. The van der Waals surface area contributed by atoms with Crippen LogP contribution in [0.2, 0.25) is 5.02 Å². The molecule has 1 aromatic rings. The third kappa shape index (κ3) is 4.81. The van der Waals surface area contributed by atoms with Crippen molar-refractivity contribution in [3.63, 3.8) is 0 Å². The van der Waals surface area contributed by atoms with Crippen LogP contribution >= 0.6 is 11.6 Å². The zero-order valence-corrected chi connectivity index (χ0v) is 11.0. The maximum atomic E-state index is 8.74. The minimum absolute atomic E-state index is 0.0178. The first-order valence-corrected chi connectivity index (χ1v) is 5.74. The molecule has 0 saturated heterocycles. The Morgan fingerprint density at radius 3 is 2.59 bits per heavy atom. The van der Waals surface area contributed by atoms with Gasteiger partial charge in [0, 0.05) is 11.1 Å². The van der Waals surface area contributed by atoms with Gasteiger partial charge in [-0.05, 0) is 39.0 Å². The molecule has 0 aliphatic carbocycles. The fourth-order valence-electron chi connectivity index (χ4n) is 1.17. The van der Waals surface area contributed by atoms with Gasteiger partial charge < -0.3 is 5.32 Å². The lowest BCUT2D eigenvalue weighted by Gasteiger charge is -2.07. The van der Waals surface area contributed by atoms with Gasteiger partial charge in [-0.15, -0.1) is 0 Å². The zero-order chi connectivity index (χ0) is 12.9. The van der Waals surface area contributed by atoms with E-state index in [9.17, 15) is 0 Å². The monoisotopic (exact) mass is 246 g/mol. The van der Waals surface area contributed by atoms with E-state index in [1.165, 1.54) is 0 Å². The summed E-state index contributed by atoms with van der Waals surface area (Å²) in [5.41, 5.74) is 1.37. The SMILES string of the molecule is CC(C)(C)C#CCNc1ccc(C#N)c(Cl)c1. The first-order chi connectivity index (χ1) is 7.92. The Hall–Kier alpha value is -1.64. The molecule has 2 nitrogen and oxygen atoms in total. The van der Waals surface area contributed by atoms with Crippen LogP contribution in [0.1, 0.15) is 26.3 Å². The zero-order valence-electron chi connectivity index (χ0n) is 10.3. The molecule has 1 rings (SSSR count). The summed E-state index contributed by atoms with van der Waals surface area (Å²) in [6.07, 6.45) is 0. The van der Waals surface area contributed by atoms with Crippen molar-refractivity contribution in [2.45, 2.75) is 20.8 Å². The lowest BCUT2D eigenvalue weighted by Crippen LogP contribution is -2.03. The number of halogens is 1. The van der Waals surface area contributed by atoms with Gasteiger partial charge in [-0.1, -0.05) is 23.4 Å². The van der Waals surface area contributed by atoms with Crippen LogP contribution in [-0.2, 0) is 0 Å². The minimum Gasteiger partial charge on any atom is -0.374 e. The van der Waals surface area contributed by atoms with E-state index in [-0.39, 0.29) is 5.41 Å². The highest BCUT2D eigenvalue weighted by atomic mass is 35.5. The largest absolute Gasteiger partial charge is 0.374 e. The van der Waals surface area contributed by atoms with Crippen LogP contribution in [0.25, 0.3) is 0 Å². The summed E-state index contributed by atoms with van der Waals surface area (Å²) < 4.78 is 0. The summed E-state index contributed by atoms with van der Waals surface area (Å²) in [5, 5.41) is 12.3. The fraction of sp³-hybridized carbons (Fsp3) is 0.357. The van der Waals surface area contributed by atoms with Crippen LogP contribution in [0, 0.1) is 28.6 Å². The number of anilines is 1. The summed E-state index contributed by atoms with van der Waals surface area (Å²) in [5.74, 6) is 6.18. The normalized spacial score (nSPS) is 10.1. The van der Waals surface area contributed by atoms with Crippen LogP contribution in [-0.4, -0.2) is 6.54 Å². The Labute approximate surface area is 108 Å². The van der Waals surface area contributed by atoms with Crippen molar-refractivity contribution < 1.29 is 0 Å². The fourth-order valence-corrected chi connectivity index (χ4v) is 1.39. The molecule has 1 N–H and O–H groups in total. The molecule has 0 atom stereocenters. The van der Waals surface area contributed by atoms with Gasteiger partial charge in [0.05, 0.1) is 17.1 Å². The van der Waals surface area contributed by atoms with Crippen molar-refractivity contribution in [3.8, 4) is 17.9 Å². The highest BCUT2D eigenvalue weighted by molar-refractivity contribution is 6.32. The number of rotatable bonds is 2. The predicted octanol–water partition coefficient (Wildman–Crippen LogP) is 3.67. The Kier molecular flexibility index (Phi) is 4.44. The van der Waals surface area contributed by atoms with E-state index >= 15 is 0 Å². The molecule has 3 heteroatoms. The topological polar surface area (TPSA) is 35.8 Å². The van der Waals surface area contributed by atoms with Crippen LogP contribution in [0.4, 0.5) is 5.69 Å². The number of nitriles is 1. The number of nitrogens with zero attached hydrogens (tertiary/aromatic N) is 1. The minimum atomic E-state index is 0.0178. The van der Waals surface area contributed by atoms with Crippen molar-refractivity contribution >= 4 is 17.3 Å². The van der Waals surface area contributed by atoms with E-state index in [4.69, 9.17) is 16.9 Å². The predicted molar refractivity (Wildman–Crippen MR) is 71.9 cm³/mol.